The van der Waals surface area contributed by atoms with Gasteiger partial charge in [-0.3, -0.25) is 4.98 Å². The molecule has 1 N–H and O–H groups in total. The van der Waals surface area contributed by atoms with Crippen LogP contribution in [-0.4, -0.2) is 14.5 Å². The fourth-order valence-electron chi connectivity index (χ4n) is 2.12. The van der Waals surface area contributed by atoms with E-state index in [1.165, 1.54) is 12.1 Å². The van der Waals surface area contributed by atoms with Gasteiger partial charge in [-0.25, -0.2) is 4.39 Å². The second-order valence-electron chi connectivity index (χ2n) is 4.44. The van der Waals surface area contributed by atoms with Gasteiger partial charge >= 0.3 is 0 Å². The van der Waals surface area contributed by atoms with Gasteiger partial charge in [0.15, 0.2) is 4.77 Å². The van der Waals surface area contributed by atoms with Crippen molar-refractivity contribution >= 4 is 23.3 Å². The van der Waals surface area contributed by atoms with E-state index in [9.17, 15) is 4.39 Å². The van der Waals surface area contributed by atoms with Crippen LogP contribution in [0.25, 0.3) is 11.0 Å². The van der Waals surface area contributed by atoms with E-state index in [4.69, 9.17) is 12.2 Å². The molecule has 19 heavy (non-hydrogen) atoms. The number of nitrogens with zero attached hydrogens (tertiary/aromatic N) is 2. The molecule has 0 bridgehead atoms. The summed E-state index contributed by atoms with van der Waals surface area (Å²) in [7, 11) is 0. The van der Waals surface area contributed by atoms with E-state index in [-0.39, 0.29) is 5.82 Å². The number of nitrogens with one attached hydrogen (secondary N) is 1. The monoisotopic (exact) mass is 273 g/mol. The average Bonchev–Trinajstić information content (AvgIpc) is 2.69. The highest BCUT2D eigenvalue weighted by Gasteiger charge is 2.08. The molecule has 0 radical (unpaired) electrons. The molecule has 2 aromatic heterocycles. The zero-order chi connectivity index (χ0) is 13.4. The van der Waals surface area contributed by atoms with Crippen molar-refractivity contribution in [2.24, 2.45) is 0 Å². The smallest absolute Gasteiger partial charge is 0.178 e. The van der Waals surface area contributed by atoms with Crippen LogP contribution in [-0.2, 0) is 6.54 Å². The minimum Gasteiger partial charge on any atom is -0.331 e. The molecule has 5 heteroatoms. The third-order valence-corrected chi connectivity index (χ3v) is 3.49. The number of halogens is 1. The quantitative estimate of drug-likeness (QED) is 0.724. The summed E-state index contributed by atoms with van der Waals surface area (Å²) in [6, 6.07) is 8.50. The number of aromatic amines is 1. The zero-order valence-electron chi connectivity index (χ0n) is 10.4. The number of H-pyrrole nitrogens is 1. The van der Waals surface area contributed by atoms with E-state index in [0.717, 1.165) is 22.3 Å². The lowest BCUT2D eigenvalue weighted by Gasteiger charge is -2.06. The SMILES string of the molecule is Cc1cccnc1Cn1c(=S)[nH]c2ccc(F)cc21. The van der Waals surface area contributed by atoms with Crippen molar-refractivity contribution in [3.8, 4) is 0 Å². The summed E-state index contributed by atoms with van der Waals surface area (Å²) < 4.78 is 15.8. The first-order valence-corrected chi connectivity index (χ1v) is 6.34. The van der Waals surface area contributed by atoms with Gasteiger partial charge in [-0.1, -0.05) is 6.07 Å². The number of imidazole rings is 1. The topological polar surface area (TPSA) is 33.6 Å². The zero-order valence-corrected chi connectivity index (χ0v) is 11.2. The maximum Gasteiger partial charge on any atom is 0.178 e. The lowest BCUT2D eigenvalue weighted by atomic mass is 10.2. The van der Waals surface area contributed by atoms with Gasteiger partial charge in [0.25, 0.3) is 0 Å². The molecule has 0 aliphatic rings. The van der Waals surface area contributed by atoms with E-state index in [1.807, 2.05) is 23.6 Å². The van der Waals surface area contributed by atoms with Crippen molar-refractivity contribution in [3.63, 3.8) is 0 Å². The highest BCUT2D eigenvalue weighted by Crippen LogP contribution is 2.17. The second-order valence-corrected chi connectivity index (χ2v) is 4.83. The molecule has 0 atom stereocenters. The van der Waals surface area contributed by atoms with Gasteiger partial charge in [-0.2, -0.15) is 0 Å². The number of pyridine rings is 1. The van der Waals surface area contributed by atoms with Crippen molar-refractivity contribution in [1.29, 1.82) is 0 Å². The van der Waals surface area contributed by atoms with Crippen LogP contribution in [0.15, 0.2) is 36.5 Å². The Morgan fingerprint density at radius 3 is 3.00 bits per heavy atom. The van der Waals surface area contributed by atoms with Gasteiger partial charge in [0.2, 0.25) is 0 Å². The molecule has 0 aliphatic carbocycles. The average molecular weight is 273 g/mol. The van der Waals surface area contributed by atoms with Gasteiger partial charge < -0.3 is 9.55 Å². The molecule has 0 aliphatic heterocycles. The van der Waals surface area contributed by atoms with E-state index >= 15 is 0 Å². The standard InChI is InChI=1S/C14H12FN3S/c1-9-3-2-6-16-12(9)8-18-13-7-10(15)4-5-11(13)17-14(18)19/h2-7H,8H2,1H3,(H,17,19). The van der Waals surface area contributed by atoms with Gasteiger partial charge in [0.1, 0.15) is 5.82 Å². The molecule has 0 amide bonds. The predicted octanol–water partition coefficient (Wildman–Crippen LogP) is 3.59. The number of aromatic nitrogens is 3. The van der Waals surface area contributed by atoms with Crippen molar-refractivity contribution in [2.45, 2.75) is 13.5 Å². The fourth-order valence-corrected chi connectivity index (χ4v) is 2.39. The molecule has 3 rings (SSSR count). The maximum atomic E-state index is 13.4. The number of benzene rings is 1. The largest absolute Gasteiger partial charge is 0.331 e. The number of rotatable bonds is 2. The van der Waals surface area contributed by atoms with Crippen LogP contribution >= 0.6 is 12.2 Å². The summed E-state index contributed by atoms with van der Waals surface area (Å²) in [6.07, 6.45) is 1.75. The third-order valence-electron chi connectivity index (χ3n) is 3.16. The van der Waals surface area contributed by atoms with Crippen molar-refractivity contribution in [1.82, 2.24) is 14.5 Å². The van der Waals surface area contributed by atoms with Crippen LogP contribution in [0.2, 0.25) is 0 Å². The molecule has 0 saturated heterocycles. The molecule has 1 aromatic carbocycles. The van der Waals surface area contributed by atoms with Gasteiger partial charge in [-0.05, 0) is 49.0 Å². The summed E-state index contributed by atoms with van der Waals surface area (Å²) in [5.74, 6) is -0.270. The second kappa shape index (κ2) is 4.59. The highest BCUT2D eigenvalue weighted by atomic mass is 32.1. The summed E-state index contributed by atoms with van der Waals surface area (Å²) in [6.45, 7) is 2.54. The molecule has 0 unspecified atom stereocenters. The van der Waals surface area contributed by atoms with E-state index in [2.05, 4.69) is 9.97 Å². The van der Waals surface area contributed by atoms with Crippen molar-refractivity contribution in [3.05, 3.63) is 58.4 Å². The fraction of sp³-hybridized carbons (Fsp3) is 0.143. The molecule has 0 saturated carbocycles. The summed E-state index contributed by atoms with van der Waals surface area (Å²) in [4.78, 5) is 7.43. The van der Waals surface area contributed by atoms with Crippen molar-refractivity contribution in [2.75, 3.05) is 0 Å². The number of fused-ring (bicyclic) bond motifs is 1. The Morgan fingerprint density at radius 2 is 2.21 bits per heavy atom. The van der Waals surface area contributed by atoms with Crippen LogP contribution < -0.4 is 0 Å². The van der Waals surface area contributed by atoms with E-state index in [0.29, 0.717) is 11.3 Å². The Labute approximate surface area is 114 Å². The van der Waals surface area contributed by atoms with Gasteiger partial charge in [-0.15, -0.1) is 0 Å². The summed E-state index contributed by atoms with van der Waals surface area (Å²) >= 11 is 5.30. The minimum atomic E-state index is -0.270. The predicted molar refractivity (Wildman–Crippen MR) is 75.2 cm³/mol. The molecule has 0 spiro atoms. The first-order chi connectivity index (χ1) is 9.15. The molecular formula is C14H12FN3S. The Bertz CT molecular complexity index is 804. The lowest BCUT2D eigenvalue weighted by molar-refractivity contribution is 0.628. The number of aryl methyl sites for hydroxylation is 1. The third kappa shape index (κ3) is 2.17. The molecule has 96 valence electrons. The van der Waals surface area contributed by atoms with Crippen LogP contribution in [0.5, 0.6) is 0 Å². The highest BCUT2D eigenvalue weighted by molar-refractivity contribution is 7.71. The number of hydrogen-bond acceptors (Lipinski definition) is 2. The summed E-state index contributed by atoms with van der Waals surface area (Å²) in [5.41, 5.74) is 3.62. The van der Waals surface area contributed by atoms with Gasteiger partial charge in [0, 0.05) is 6.20 Å². The lowest BCUT2D eigenvalue weighted by Crippen LogP contribution is -2.03. The molecular weight excluding hydrogens is 261 g/mol. The van der Waals surface area contributed by atoms with Gasteiger partial charge in [0.05, 0.1) is 23.3 Å². The van der Waals surface area contributed by atoms with E-state index in [1.54, 1.807) is 12.3 Å². The molecule has 2 heterocycles. The van der Waals surface area contributed by atoms with Crippen LogP contribution in [0.4, 0.5) is 4.39 Å². The van der Waals surface area contributed by atoms with E-state index < -0.39 is 0 Å². The van der Waals surface area contributed by atoms with Crippen molar-refractivity contribution < 1.29 is 4.39 Å². The molecule has 0 fully saturated rings. The summed E-state index contributed by atoms with van der Waals surface area (Å²) in [5, 5.41) is 0. The molecule has 3 nitrogen and oxygen atoms in total. The Kier molecular flexibility index (Phi) is 2.91. The maximum absolute atomic E-state index is 13.4. The first kappa shape index (κ1) is 12.0. The molecule has 3 aromatic rings. The van der Waals surface area contributed by atoms with Crippen LogP contribution in [0, 0.1) is 17.5 Å². The Hall–Kier alpha value is -2.01. The minimum absolute atomic E-state index is 0.270. The normalized spacial score (nSPS) is 11.1. The number of hydrogen-bond donors (Lipinski definition) is 1. The Morgan fingerprint density at radius 1 is 1.37 bits per heavy atom. The first-order valence-electron chi connectivity index (χ1n) is 5.94. The Balaban J connectivity index is 2.15. The van der Waals surface area contributed by atoms with Crippen LogP contribution in [0.1, 0.15) is 11.3 Å². The van der Waals surface area contributed by atoms with Crippen LogP contribution in [0.3, 0.4) is 0 Å².